The van der Waals surface area contributed by atoms with Gasteiger partial charge in [0, 0.05) is 6.04 Å². The van der Waals surface area contributed by atoms with Crippen molar-refractivity contribution in [2.24, 2.45) is 11.1 Å². The Kier molecular flexibility index (Phi) is 3.86. The molecule has 0 saturated heterocycles. The van der Waals surface area contributed by atoms with Crippen LogP contribution in [0.5, 0.6) is 0 Å². The van der Waals surface area contributed by atoms with Crippen molar-refractivity contribution in [3.8, 4) is 0 Å². The van der Waals surface area contributed by atoms with Gasteiger partial charge in [0.2, 0.25) is 0 Å². The number of halogens is 1. The van der Waals surface area contributed by atoms with Crippen molar-refractivity contribution in [3.05, 3.63) is 35.6 Å². The minimum absolute atomic E-state index is 0.173. The predicted molar refractivity (Wildman–Crippen MR) is 62.2 cm³/mol. The fourth-order valence-electron chi connectivity index (χ4n) is 2.10. The highest BCUT2D eigenvalue weighted by atomic mass is 19.1. The van der Waals surface area contributed by atoms with Crippen LogP contribution in [-0.4, -0.2) is 6.04 Å². The standard InChI is InChI=1S/C13H20FN/c1-10(15)8-13(2,3)9-11-4-6-12(14)7-5-11/h4-7,10H,8-9,15H2,1-3H3. The zero-order valence-electron chi connectivity index (χ0n) is 9.76. The Morgan fingerprint density at radius 1 is 1.27 bits per heavy atom. The van der Waals surface area contributed by atoms with Crippen molar-refractivity contribution in [2.75, 3.05) is 0 Å². The summed E-state index contributed by atoms with van der Waals surface area (Å²) in [7, 11) is 0. The van der Waals surface area contributed by atoms with Gasteiger partial charge in [0.15, 0.2) is 0 Å². The summed E-state index contributed by atoms with van der Waals surface area (Å²) in [6, 6.07) is 6.92. The minimum Gasteiger partial charge on any atom is -0.328 e. The van der Waals surface area contributed by atoms with E-state index in [9.17, 15) is 4.39 Å². The van der Waals surface area contributed by atoms with E-state index in [-0.39, 0.29) is 17.3 Å². The van der Waals surface area contributed by atoms with Crippen molar-refractivity contribution in [2.45, 2.75) is 39.7 Å². The summed E-state index contributed by atoms with van der Waals surface area (Å²) >= 11 is 0. The molecule has 1 unspecified atom stereocenters. The second-order valence-corrected chi connectivity index (χ2v) is 5.15. The van der Waals surface area contributed by atoms with Crippen molar-refractivity contribution in [1.29, 1.82) is 0 Å². The highest BCUT2D eigenvalue weighted by Crippen LogP contribution is 2.26. The third kappa shape index (κ3) is 4.43. The van der Waals surface area contributed by atoms with E-state index in [1.165, 1.54) is 17.7 Å². The van der Waals surface area contributed by atoms with Gasteiger partial charge in [-0.05, 0) is 42.9 Å². The summed E-state index contributed by atoms with van der Waals surface area (Å²) < 4.78 is 12.7. The molecule has 1 aromatic rings. The van der Waals surface area contributed by atoms with Gasteiger partial charge in [-0.3, -0.25) is 0 Å². The molecule has 0 aliphatic heterocycles. The predicted octanol–water partition coefficient (Wildman–Crippen LogP) is 3.13. The maximum atomic E-state index is 12.7. The van der Waals surface area contributed by atoms with E-state index < -0.39 is 0 Å². The van der Waals surface area contributed by atoms with Gasteiger partial charge < -0.3 is 5.73 Å². The molecular weight excluding hydrogens is 189 g/mol. The molecule has 1 atom stereocenters. The van der Waals surface area contributed by atoms with Gasteiger partial charge >= 0.3 is 0 Å². The van der Waals surface area contributed by atoms with Crippen LogP contribution in [0.15, 0.2) is 24.3 Å². The number of rotatable bonds is 4. The third-order valence-corrected chi connectivity index (χ3v) is 2.47. The van der Waals surface area contributed by atoms with Crippen LogP contribution in [0.2, 0.25) is 0 Å². The lowest BCUT2D eigenvalue weighted by Gasteiger charge is -2.26. The Bertz CT molecular complexity index is 301. The molecule has 0 aromatic heterocycles. The molecule has 0 aliphatic carbocycles. The Balaban J connectivity index is 2.64. The maximum absolute atomic E-state index is 12.7. The highest BCUT2D eigenvalue weighted by molar-refractivity contribution is 5.17. The van der Waals surface area contributed by atoms with Crippen molar-refractivity contribution < 1.29 is 4.39 Å². The SMILES string of the molecule is CC(N)CC(C)(C)Cc1ccc(F)cc1. The summed E-state index contributed by atoms with van der Waals surface area (Å²) in [6.45, 7) is 6.41. The van der Waals surface area contributed by atoms with Gasteiger partial charge in [0.25, 0.3) is 0 Å². The number of hydrogen-bond donors (Lipinski definition) is 1. The van der Waals surface area contributed by atoms with Crippen LogP contribution < -0.4 is 5.73 Å². The van der Waals surface area contributed by atoms with E-state index in [1.807, 2.05) is 19.1 Å². The zero-order chi connectivity index (χ0) is 11.5. The van der Waals surface area contributed by atoms with Gasteiger partial charge in [-0.15, -0.1) is 0 Å². The normalized spacial score (nSPS) is 13.9. The number of nitrogens with two attached hydrogens (primary N) is 1. The van der Waals surface area contributed by atoms with Gasteiger partial charge in [0.05, 0.1) is 0 Å². The quantitative estimate of drug-likeness (QED) is 0.810. The van der Waals surface area contributed by atoms with Crippen molar-refractivity contribution in [3.63, 3.8) is 0 Å². The van der Waals surface area contributed by atoms with Crippen molar-refractivity contribution in [1.82, 2.24) is 0 Å². The van der Waals surface area contributed by atoms with E-state index in [1.54, 1.807) is 0 Å². The number of benzene rings is 1. The molecule has 15 heavy (non-hydrogen) atoms. The van der Waals surface area contributed by atoms with Crippen LogP contribution in [0, 0.1) is 11.2 Å². The molecule has 0 spiro atoms. The Hall–Kier alpha value is -0.890. The fraction of sp³-hybridized carbons (Fsp3) is 0.538. The lowest BCUT2D eigenvalue weighted by atomic mass is 9.80. The molecule has 1 nitrogen and oxygen atoms in total. The molecule has 84 valence electrons. The monoisotopic (exact) mass is 209 g/mol. The summed E-state index contributed by atoms with van der Waals surface area (Å²) in [6.07, 6.45) is 1.92. The van der Waals surface area contributed by atoms with E-state index >= 15 is 0 Å². The average molecular weight is 209 g/mol. The molecule has 0 fully saturated rings. The van der Waals surface area contributed by atoms with Gasteiger partial charge in [-0.2, -0.15) is 0 Å². The van der Waals surface area contributed by atoms with E-state index in [0.29, 0.717) is 0 Å². The van der Waals surface area contributed by atoms with E-state index in [4.69, 9.17) is 5.73 Å². The molecule has 0 heterocycles. The maximum Gasteiger partial charge on any atom is 0.123 e. The summed E-state index contributed by atoms with van der Waals surface area (Å²) in [5.74, 6) is -0.177. The molecule has 2 heteroatoms. The Morgan fingerprint density at radius 2 is 1.80 bits per heavy atom. The molecule has 2 N–H and O–H groups in total. The van der Waals surface area contributed by atoms with Crippen LogP contribution >= 0.6 is 0 Å². The first-order chi connectivity index (χ1) is 6.89. The lowest BCUT2D eigenvalue weighted by molar-refractivity contribution is 0.309. The molecule has 0 radical (unpaired) electrons. The second-order valence-electron chi connectivity index (χ2n) is 5.15. The van der Waals surface area contributed by atoms with Gasteiger partial charge in [-0.1, -0.05) is 26.0 Å². The smallest absolute Gasteiger partial charge is 0.123 e. The lowest BCUT2D eigenvalue weighted by Crippen LogP contribution is -2.26. The molecule has 1 rings (SSSR count). The largest absolute Gasteiger partial charge is 0.328 e. The van der Waals surface area contributed by atoms with Gasteiger partial charge in [-0.25, -0.2) is 4.39 Å². The molecule has 1 aromatic carbocycles. The van der Waals surface area contributed by atoms with Crippen LogP contribution in [0.25, 0.3) is 0 Å². The van der Waals surface area contributed by atoms with E-state index in [2.05, 4.69) is 13.8 Å². The highest BCUT2D eigenvalue weighted by Gasteiger charge is 2.19. The first-order valence-electron chi connectivity index (χ1n) is 5.39. The molecule has 0 saturated carbocycles. The summed E-state index contributed by atoms with van der Waals surface area (Å²) in [4.78, 5) is 0. The minimum atomic E-state index is -0.177. The summed E-state index contributed by atoms with van der Waals surface area (Å²) in [5, 5.41) is 0. The topological polar surface area (TPSA) is 26.0 Å². The van der Waals surface area contributed by atoms with E-state index in [0.717, 1.165) is 12.8 Å². The van der Waals surface area contributed by atoms with Crippen LogP contribution in [0.1, 0.15) is 32.8 Å². The third-order valence-electron chi connectivity index (χ3n) is 2.47. The molecule has 0 amide bonds. The molecule has 0 aliphatic rings. The Morgan fingerprint density at radius 3 is 2.27 bits per heavy atom. The van der Waals surface area contributed by atoms with Crippen LogP contribution in [-0.2, 0) is 6.42 Å². The first kappa shape index (κ1) is 12.2. The van der Waals surface area contributed by atoms with Gasteiger partial charge in [0.1, 0.15) is 5.82 Å². The fourth-order valence-corrected chi connectivity index (χ4v) is 2.10. The van der Waals surface area contributed by atoms with Crippen LogP contribution in [0.3, 0.4) is 0 Å². The summed E-state index contributed by atoms with van der Waals surface area (Å²) in [5.41, 5.74) is 7.14. The van der Waals surface area contributed by atoms with Crippen molar-refractivity contribution >= 4 is 0 Å². The molecule has 0 bridgehead atoms. The molecular formula is C13H20FN. The zero-order valence-corrected chi connectivity index (χ0v) is 9.76. The second kappa shape index (κ2) is 4.75. The number of hydrogen-bond acceptors (Lipinski definition) is 1. The average Bonchev–Trinajstić information content (AvgIpc) is 2.06. The Labute approximate surface area is 91.5 Å². The first-order valence-corrected chi connectivity index (χ1v) is 5.39. The van der Waals surface area contributed by atoms with Crippen LogP contribution in [0.4, 0.5) is 4.39 Å².